The smallest absolute Gasteiger partial charge is 0.331 e. The van der Waals surface area contributed by atoms with Gasteiger partial charge in [0.25, 0.3) is 0 Å². The number of carbonyl (C=O) groups is 2. The van der Waals surface area contributed by atoms with E-state index in [-0.39, 0.29) is 6.10 Å². The van der Waals surface area contributed by atoms with Crippen molar-refractivity contribution >= 4 is 11.9 Å². The molecule has 0 aliphatic carbocycles. The Morgan fingerprint density at radius 3 is 2.38 bits per heavy atom. The molecule has 92 valence electrons. The van der Waals surface area contributed by atoms with E-state index in [0.29, 0.717) is 0 Å². The highest BCUT2D eigenvalue weighted by Gasteiger charge is 2.11. The van der Waals surface area contributed by atoms with Gasteiger partial charge in [-0.3, -0.25) is 0 Å². The summed E-state index contributed by atoms with van der Waals surface area (Å²) in [5.41, 5.74) is 0. The van der Waals surface area contributed by atoms with E-state index >= 15 is 0 Å². The van der Waals surface area contributed by atoms with Crippen LogP contribution in [0.5, 0.6) is 0 Å². The molecule has 0 radical (unpaired) electrons. The van der Waals surface area contributed by atoms with Crippen LogP contribution in [0.15, 0.2) is 12.2 Å². The number of hydrogen-bond donors (Lipinski definition) is 1. The SMILES string of the molecule is CCCCC(CCC)OC(=O)C=CC(=O)O. The van der Waals surface area contributed by atoms with Gasteiger partial charge in [-0.25, -0.2) is 9.59 Å². The normalized spacial score (nSPS) is 12.6. The lowest BCUT2D eigenvalue weighted by molar-refractivity contribution is -0.144. The second-order valence-electron chi connectivity index (χ2n) is 3.66. The van der Waals surface area contributed by atoms with Gasteiger partial charge in [-0.15, -0.1) is 0 Å². The van der Waals surface area contributed by atoms with Gasteiger partial charge < -0.3 is 9.84 Å². The average molecular weight is 228 g/mol. The second kappa shape index (κ2) is 8.95. The fraction of sp³-hybridized carbons (Fsp3) is 0.667. The Morgan fingerprint density at radius 1 is 1.19 bits per heavy atom. The molecule has 0 rings (SSSR count). The second-order valence-corrected chi connectivity index (χ2v) is 3.66. The molecule has 16 heavy (non-hydrogen) atoms. The number of aliphatic carboxylic acids is 1. The number of esters is 1. The highest BCUT2D eigenvalue weighted by molar-refractivity contribution is 5.90. The summed E-state index contributed by atoms with van der Waals surface area (Å²) in [5, 5.41) is 8.35. The maximum Gasteiger partial charge on any atom is 0.331 e. The number of ether oxygens (including phenoxy) is 1. The van der Waals surface area contributed by atoms with Crippen LogP contribution in [0.25, 0.3) is 0 Å². The van der Waals surface area contributed by atoms with Crippen LogP contribution in [0, 0.1) is 0 Å². The number of carbonyl (C=O) groups excluding carboxylic acids is 1. The summed E-state index contributed by atoms with van der Waals surface area (Å²) in [4.78, 5) is 21.4. The van der Waals surface area contributed by atoms with Gasteiger partial charge in [-0.05, 0) is 12.8 Å². The van der Waals surface area contributed by atoms with E-state index in [1.807, 2.05) is 6.92 Å². The molecule has 0 amide bonds. The summed E-state index contributed by atoms with van der Waals surface area (Å²) >= 11 is 0. The van der Waals surface area contributed by atoms with Crippen LogP contribution in [0.2, 0.25) is 0 Å². The van der Waals surface area contributed by atoms with Crippen molar-refractivity contribution in [1.82, 2.24) is 0 Å². The Bertz CT molecular complexity index is 245. The minimum absolute atomic E-state index is 0.0871. The summed E-state index contributed by atoms with van der Waals surface area (Å²) in [6.45, 7) is 4.11. The fourth-order valence-corrected chi connectivity index (χ4v) is 1.36. The number of carboxylic acids is 1. The van der Waals surface area contributed by atoms with E-state index in [1.165, 1.54) is 0 Å². The molecular formula is C12H20O4. The number of unbranched alkanes of at least 4 members (excludes halogenated alkanes) is 1. The monoisotopic (exact) mass is 228 g/mol. The predicted octanol–water partition coefficient (Wildman–Crippen LogP) is 2.53. The van der Waals surface area contributed by atoms with Gasteiger partial charge in [0.2, 0.25) is 0 Å². The first-order valence-corrected chi connectivity index (χ1v) is 5.71. The van der Waals surface area contributed by atoms with Crippen molar-refractivity contribution in [3.05, 3.63) is 12.2 Å². The zero-order chi connectivity index (χ0) is 12.4. The van der Waals surface area contributed by atoms with E-state index in [9.17, 15) is 9.59 Å². The molecule has 4 nitrogen and oxygen atoms in total. The van der Waals surface area contributed by atoms with Gasteiger partial charge in [-0.2, -0.15) is 0 Å². The molecule has 0 saturated carbocycles. The Hall–Kier alpha value is -1.32. The summed E-state index contributed by atoms with van der Waals surface area (Å²) in [6.07, 6.45) is 6.36. The molecule has 1 atom stereocenters. The summed E-state index contributed by atoms with van der Waals surface area (Å²) in [7, 11) is 0. The Balaban J connectivity index is 4.06. The summed E-state index contributed by atoms with van der Waals surface area (Å²) < 4.78 is 5.15. The maximum absolute atomic E-state index is 11.2. The average Bonchev–Trinajstić information content (AvgIpc) is 2.23. The Kier molecular flexibility index (Phi) is 8.21. The first kappa shape index (κ1) is 14.7. The van der Waals surface area contributed by atoms with Gasteiger partial charge in [-0.1, -0.05) is 33.1 Å². The van der Waals surface area contributed by atoms with E-state index in [1.54, 1.807) is 0 Å². The zero-order valence-electron chi connectivity index (χ0n) is 9.94. The molecule has 1 N–H and O–H groups in total. The standard InChI is InChI=1S/C12H20O4/c1-3-5-7-10(6-4-2)16-12(15)9-8-11(13)14/h8-10H,3-7H2,1-2H3,(H,13,14). The molecule has 0 aliphatic rings. The summed E-state index contributed by atoms with van der Waals surface area (Å²) in [5.74, 6) is -1.71. The van der Waals surface area contributed by atoms with E-state index in [4.69, 9.17) is 9.84 Å². The van der Waals surface area contributed by atoms with Gasteiger partial charge in [0, 0.05) is 12.2 Å². The van der Waals surface area contributed by atoms with Crippen LogP contribution in [0.3, 0.4) is 0 Å². The topological polar surface area (TPSA) is 63.6 Å². The highest BCUT2D eigenvalue weighted by atomic mass is 16.5. The maximum atomic E-state index is 11.2. The largest absolute Gasteiger partial charge is 0.478 e. The molecule has 0 aromatic rings. The number of carboxylic acid groups (broad SMARTS) is 1. The van der Waals surface area contributed by atoms with Crippen LogP contribution >= 0.6 is 0 Å². The van der Waals surface area contributed by atoms with Crippen molar-refractivity contribution in [3.8, 4) is 0 Å². The third kappa shape index (κ3) is 8.03. The molecule has 0 fully saturated rings. The molecule has 0 bridgehead atoms. The van der Waals surface area contributed by atoms with Crippen LogP contribution in [0.4, 0.5) is 0 Å². The van der Waals surface area contributed by atoms with Crippen LogP contribution in [-0.4, -0.2) is 23.1 Å². The minimum atomic E-state index is -1.14. The molecule has 0 saturated heterocycles. The van der Waals surface area contributed by atoms with Gasteiger partial charge in [0.1, 0.15) is 6.10 Å². The van der Waals surface area contributed by atoms with Crippen molar-refractivity contribution in [1.29, 1.82) is 0 Å². The zero-order valence-corrected chi connectivity index (χ0v) is 9.94. The first-order chi connectivity index (χ1) is 7.60. The van der Waals surface area contributed by atoms with Gasteiger partial charge in [0.15, 0.2) is 0 Å². The van der Waals surface area contributed by atoms with Crippen molar-refractivity contribution in [3.63, 3.8) is 0 Å². The first-order valence-electron chi connectivity index (χ1n) is 5.71. The van der Waals surface area contributed by atoms with Crippen LogP contribution in [0.1, 0.15) is 46.0 Å². The van der Waals surface area contributed by atoms with Crippen molar-refractivity contribution in [2.45, 2.75) is 52.1 Å². The van der Waals surface area contributed by atoms with Crippen molar-refractivity contribution < 1.29 is 19.4 Å². The fourth-order valence-electron chi connectivity index (χ4n) is 1.36. The van der Waals surface area contributed by atoms with E-state index in [0.717, 1.165) is 44.3 Å². The third-order valence-electron chi connectivity index (χ3n) is 2.14. The van der Waals surface area contributed by atoms with E-state index in [2.05, 4.69) is 6.92 Å². The molecule has 4 heteroatoms. The summed E-state index contributed by atoms with van der Waals surface area (Å²) in [6, 6.07) is 0. The van der Waals surface area contributed by atoms with Crippen molar-refractivity contribution in [2.75, 3.05) is 0 Å². The Labute approximate surface area is 96.3 Å². The molecule has 0 spiro atoms. The lowest BCUT2D eigenvalue weighted by Crippen LogP contribution is -2.16. The van der Waals surface area contributed by atoms with Gasteiger partial charge in [0.05, 0.1) is 0 Å². The molecule has 0 aromatic carbocycles. The molecule has 0 heterocycles. The van der Waals surface area contributed by atoms with E-state index < -0.39 is 11.9 Å². The highest BCUT2D eigenvalue weighted by Crippen LogP contribution is 2.11. The Morgan fingerprint density at radius 2 is 1.88 bits per heavy atom. The van der Waals surface area contributed by atoms with Crippen molar-refractivity contribution in [2.24, 2.45) is 0 Å². The minimum Gasteiger partial charge on any atom is -0.478 e. The lowest BCUT2D eigenvalue weighted by atomic mass is 10.1. The van der Waals surface area contributed by atoms with Crippen LogP contribution < -0.4 is 0 Å². The lowest BCUT2D eigenvalue weighted by Gasteiger charge is -2.15. The molecular weight excluding hydrogens is 208 g/mol. The quantitative estimate of drug-likeness (QED) is 0.512. The number of rotatable bonds is 8. The predicted molar refractivity (Wildman–Crippen MR) is 61.1 cm³/mol. The molecule has 1 unspecified atom stereocenters. The molecule has 0 aliphatic heterocycles. The van der Waals surface area contributed by atoms with Gasteiger partial charge >= 0.3 is 11.9 Å². The molecule has 0 aromatic heterocycles. The third-order valence-corrected chi connectivity index (χ3v) is 2.14. The van der Waals surface area contributed by atoms with Crippen LogP contribution in [-0.2, 0) is 14.3 Å². The number of hydrogen-bond acceptors (Lipinski definition) is 3.